The number of hydrogen-bond donors (Lipinski definition) is 1. The molecule has 13 heavy (non-hydrogen) atoms. The van der Waals surface area contributed by atoms with Gasteiger partial charge in [-0.15, -0.1) is 0 Å². The third-order valence-electron chi connectivity index (χ3n) is 1.29. The van der Waals surface area contributed by atoms with Gasteiger partial charge in [0, 0.05) is 10.7 Å². The van der Waals surface area contributed by atoms with Crippen LogP contribution >= 0.6 is 27.3 Å². The van der Waals surface area contributed by atoms with Crippen LogP contribution in [0.2, 0.25) is 0 Å². The Balaban J connectivity index is 2.48. The van der Waals surface area contributed by atoms with Gasteiger partial charge < -0.3 is 10.5 Å². The van der Waals surface area contributed by atoms with Gasteiger partial charge in [0.05, 0.1) is 5.69 Å². The van der Waals surface area contributed by atoms with E-state index in [1.165, 1.54) is 11.3 Å². The zero-order valence-corrected chi connectivity index (χ0v) is 9.23. The summed E-state index contributed by atoms with van der Waals surface area (Å²) in [5.74, 6) is 0. The van der Waals surface area contributed by atoms with Gasteiger partial charge in [-0.3, -0.25) is 0 Å². The van der Waals surface area contributed by atoms with Gasteiger partial charge in [-0.2, -0.15) is 0 Å². The Morgan fingerprint density at radius 1 is 1.77 bits per heavy atom. The van der Waals surface area contributed by atoms with E-state index in [2.05, 4.69) is 25.7 Å². The van der Waals surface area contributed by atoms with E-state index in [0.29, 0.717) is 5.19 Å². The molecule has 0 aliphatic rings. The van der Waals surface area contributed by atoms with Crippen molar-refractivity contribution >= 4 is 33.4 Å². The molecule has 0 atom stereocenters. The molecule has 0 aliphatic carbocycles. The van der Waals surface area contributed by atoms with Gasteiger partial charge in [0.15, 0.2) is 0 Å². The second-order valence-corrected chi connectivity index (χ2v) is 3.93. The lowest BCUT2D eigenvalue weighted by Crippen LogP contribution is -2.16. The van der Waals surface area contributed by atoms with Gasteiger partial charge in [0.1, 0.15) is 0 Å². The minimum atomic E-state index is -0.818. The van der Waals surface area contributed by atoms with Gasteiger partial charge in [-0.1, -0.05) is 27.3 Å². The summed E-state index contributed by atoms with van der Waals surface area (Å²) in [5.41, 5.74) is 5.76. The predicted octanol–water partition coefficient (Wildman–Crippen LogP) is 1.93. The average molecular weight is 265 g/mol. The summed E-state index contributed by atoms with van der Waals surface area (Å²) in [5, 5.41) is 3.12. The normalized spacial score (nSPS) is 9.92. The lowest BCUT2D eigenvalue weighted by molar-refractivity contribution is 0.210. The van der Waals surface area contributed by atoms with Crippen molar-refractivity contribution in [3.8, 4) is 5.19 Å². The molecule has 2 N–H and O–H groups in total. The third kappa shape index (κ3) is 3.73. The van der Waals surface area contributed by atoms with Crippen molar-refractivity contribution in [1.82, 2.24) is 4.98 Å². The topological polar surface area (TPSA) is 65.2 Å². The zero-order chi connectivity index (χ0) is 9.68. The van der Waals surface area contributed by atoms with Crippen molar-refractivity contribution < 1.29 is 9.53 Å². The minimum Gasteiger partial charge on any atom is -0.381 e. The molecular weight excluding hydrogens is 256 g/mol. The number of nitrogens with two attached hydrogens (primary N) is 1. The number of aryl methyl sites for hydroxylation is 1. The summed E-state index contributed by atoms with van der Waals surface area (Å²) < 4.78 is 4.61. The smallest absolute Gasteiger partial charge is 0.381 e. The van der Waals surface area contributed by atoms with Crippen molar-refractivity contribution in [2.45, 2.75) is 12.8 Å². The molecule has 0 saturated heterocycles. The highest BCUT2D eigenvalue weighted by atomic mass is 79.9. The lowest BCUT2D eigenvalue weighted by atomic mass is 10.3. The van der Waals surface area contributed by atoms with E-state index in [-0.39, 0.29) is 0 Å². The predicted molar refractivity (Wildman–Crippen MR) is 54.4 cm³/mol. The van der Waals surface area contributed by atoms with E-state index in [1.54, 1.807) is 0 Å². The summed E-state index contributed by atoms with van der Waals surface area (Å²) >= 11 is 4.60. The fourth-order valence-electron chi connectivity index (χ4n) is 0.784. The van der Waals surface area contributed by atoms with E-state index in [4.69, 9.17) is 5.73 Å². The molecule has 0 bridgehead atoms. The number of aromatic nitrogens is 1. The first-order valence-corrected chi connectivity index (χ1v) is 5.70. The van der Waals surface area contributed by atoms with E-state index < -0.39 is 6.09 Å². The van der Waals surface area contributed by atoms with Crippen LogP contribution in [0.1, 0.15) is 12.1 Å². The highest BCUT2D eigenvalue weighted by Crippen LogP contribution is 2.18. The molecule has 72 valence electrons. The summed E-state index contributed by atoms with van der Waals surface area (Å²) in [6.07, 6.45) is 1.07. The van der Waals surface area contributed by atoms with Crippen LogP contribution in [-0.2, 0) is 6.42 Å². The van der Waals surface area contributed by atoms with Gasteiger partial charge in [0.25, 0.3) is 5.19 Å². The fraction of sp³-hybridized carbons (Fsp3) is 0.429. The molecule has 1 heterocycles. The number of hydrogen-bond acceptors (Lipinski definition) is 4. The summed E-state index contributed by atoms with van der Waals surface area (Å²) in [7, 11) is 0. The van der Waals surface area contributed by atoms with Crippen LogP contribution in [-0.4, -0.2) is 16.4 Å². The second kappa shape index (κ2) is 5.18. The Hall–Kier alpha value is -0.620. The monoisotopic (exact) mass is 264 g/mol. The van der Waals surface area contributed by atoms with Crippen molar-refractivity contribution in [3.05, 3.63) is 11.1 Å². The van der Waals surface area contributed by atoms with E-state index in [1.807, 2.05) is 5.38 Å². The summed E-state index contributed by atoms with van der Waals surface area (Å²) in [6.45, 7) is 0. The van der Waals surface area contributed by atoms with Crippen LogP contribution in [0, 0.1) is 0 Å². The lowest BCUT2D eigenvalue weighted by Gasteiger charge is -1.92. The number of amides is 1. The molecule has 1 aromatic rings. The quantitative estimate of drug-likeness (QED) is 0.846. The Labute approximate surface area is 88.2 Å². The SMILES string of the molecule is NC(=O)Oc1nc(CCCBr)cs1. The van der Waals surface area contributed by atoms with Crippen LogP contribution in [0.25, 0.3) is 0 Å². The number of ether oxygens (including phenoxy) is 1. The highest BCUT2D eigenvalue weighted by Gasteiger charge is 2.04. The van der Waals surface area contributed by atoms with Crippen molar-refractivity contribution in [1.29, 1.82) is 0 Å². The molecule has 0 radical (unpaired) electrons. The fourth-order valence-corrected chi connectivity index (χ4v) is 1.77. The Morgan fingerprint density at radius 3 is 3.15 bits per heavy atom. The maximum atomic E-state index is 10.4. The van der Waals surface area contributed by atoms with Crippen LogP contribution in [0.5, 0.6) is 5.19 Å². The molecular formula is C7H9BrN2O2S. The maximum absolute atomic E-state index is 10.4. The van der Waals surface area contributed by atoms with Crippen molar-refractivity contribution in [2.75, 3.05) is 5.33 Å². The molecule has 1 aromatic heterocycles. The van der Waals surface area contributed by atoms with E-state index in [0.717, 1.165) is 23.9 Å². The van der Waals surface area contributed by atoms with Gasteiger partial charge in [0.2, 0.25) is 0 Å². The van der Waals surface area contributed by atoms with Crippen LogP contribution in [0.3, 0.4) is 0 Å². The first-order valence-electron chi connectivity index (χ1n) is 3.70. The average Bonchev–Trinajstić information content (AvgIpc) is 2.48. The highest BCUT2D eigenvalue weighted by molar-refractivity contribution is 9.09. The van der Waals surface area contributed by atoms with E-state index >= 15 is 0 Å². The molecule has 1 rings (SSSR count). The molecule has 1 amide bonds. The molecule has 0 aliphatic heterocycles. The number of thiazole rings is 1. The third-order valence-corrected chi connectivity index (χ3v) is 2.61. The van der Waals surface area contributed by atoms with Crippen LogP contribution in [0.15, 0.2) is 5.38 Å². The number of carbonyl (C=O) groups excluding carboxylic acids is 1. The number of rotatable bonds is 4. The first kappa shape index (κ1) is 10.5. The Morgan fingerprint density at radius 2 is 2.54 bits per heavy atom. The standard InChI is InChI=1S/C7H9BrN2O2S/c8-3-1-2-5-4-13-7(10-5)12-6(9)11/h4H,1-3H2,(H2,9,11). The Bertz CT molecular complexity index is 290. The van der Waals surface area contributed by atoms with Gasteiger partial charge >= 0.3 is 6.09 Å². The number of nitrogens with zero attached hydrogens (tertiary/aromatic N) is 1. The van der Waals surface area contributed by atoms with Crippen LogP contribution < -0.4 is 10.5 Å². The van der Waals surface area contributed by atoms with Crippen LogP contribution in [0.4, 0.5) is 4.79 Å². The van der Waals surface area contributed by atoms with Gasteiger partial charge in [-0.05, 0) is 12.8 Å². The second-order valence-electron chi connectivity index (χ2n) is 2.32. The van der Waals surface area contributed by atoms with Crippen molar-refractivity contribution in [3.63, 3.8) is 0 Å². The first-order chi connectivity index (χ1) is 6.22. The number of halogens is 1. The van der Waals surface area contributed by atoms with Gasteiger partial charge in [-0.25, -0.2) is 9.78 Å². The number of primary amides is 1. The number of alkyl halides is 1. The molecule has 0 unspecified atom stereocenters. The van der Waals surface area contributed by atoms with E-state index in [9.17, 15) is 4.79 Å². The molecule has 6 heteroatoms. The largest absolute Gasteiger partial charge is 0.411 e. The summed E-state index contributed by atoms with van der Waals surface area (Å²) in [4.78, 5) is 14.4. The molecule has 0 aromatic carbocycles. The minimum absolute atomic E-state index is 0.317. The molecule has 0 saturated carbocycles. The Kier molecular flexibility index (Phi) is 4.17. The molecule has 0 fully saturated rings. The number of carbonyl (C=O) groups is 1. The zero-order valence-electron chi connectivity index (χ0n) is 6.83. The summed E-state index contributed by atoms with van der Waals surface area (Å²) in [6, 6.07) is 0. The molecule has 4 nitrogen and oxygen atoms in total. The maximum Gasteiger partial charge on any atom is 0.411 e. The van der Waals surface area contributed by atoms with Crippen molar-refractivity contribution in [2.24, 2.45) is 5.73 Å². The molecule has 0 spiro atoms.